The Balaban J connectivity index is 3.12. The topological polar surface area (TPSA) is 50.7 Å². The molecule has 20 heavy (non-hydrogen) atoms. The van der Waals surface area contributed by atoms with E-state index >= 15 is 0 Å². The first-order valence-electron chi connectivity index (χ1n) is 5.86. The molecule has 0 aliphatic rings. The molecule has 8 heteroatoms. The van der Waals surface area contributed by atoms with Crippen LogP contribution in [0.1, 0.15) is 31.1 Å². The smallest absolute Gasteiger partial charge is 0.300 e. The number of hydrogen-bond acceptors (Lipinski definition) is 3. The number of fused-ring (bicyclic) bond motifs is 1. The fourth-order valence-corrected chi connectivity index (χ4v) is 2.46. The summed E-state index contributed by atoms with van der Waals surface area (Å²) in [6, 6.07) is 0.642. The van der Waals surface area contributed by atoms with Gasteiger partial charge in [0.2, 0.25) is 0 Å². The number of rotatable bonds is 1. The third-order valence-electron chi connectivity index (χ3n) is 2.84. The molecule has 2 aromatic rings. The van der Waals surface area contributed by atoms with Crippen molar-refractivity contribution in [3.8, 4) is 0 Å². The molecule has 0 fully saturated rings. The van der Waals surface area contributed by atoms with Gasteiger partial charge in [-0.15, -0.1) is 0 Å². The van der Waals surface area contributed by atoms with Crippen LogP contribution in [0.5, 0.6) is 0 Å². The Hall–Kier alpha value is -1.70. The van der Waals surface area contributed by atoms with E-state index in [1.165, 1.54) is 11.5 Å². The fraction of sp³-hybridized carbons (Fsp3) is 0.417. The highest BCUT2D eigenvalue weighted by Crippen LogP contribution is 2.33. The number of nitrogens with one attached hydrogen (secondary N) is 1. The predicted molar refractivity (Wildman–Crippen MR) is 71.3 cm³/mol. The van der Waals surface area contributed by atoms with E-state index in [0.717, 1.165) is 6.07 Å². The van der Waals surface area contributed by atoms with E-state index in [1.54, 1.807) is 13.8 Å². The van der Waals surface area contributed by atoms with E-state index in [0.29, 0.717) is 0 Å². The number of halogens is 3. The second-order valence-electron chi connectivity index (χ2n) is 4.73. The van der Waals surface area contributed by atoms with Crippen LogP contribution in [0.3, 0.4) is 0 Å². The number of H-pyrrole nitrogens is 1. The van der Waals surface area contributed by atoms with Crippen LogP contribution in [0.15, 0.2) is 10.9 Å². The van der Waals surface area contributed by atoms with Crippen LogP contribution < -0.4 is 5.56 Å². The SMILES string of the molecule is Cc1cc(C(F)(F)F)c2c(=O)[nH]c(=S)n(C(C)C)c2n1. The van der Waals surface area contributed by atoms with Crippen molar-refractivity contribution in [2.24, 2.45) is 0 Å². The number of aryl methyl sites for hydroxylation is 1. The summed E-state index contributed by atoms with van der Waals surface area (Å²) in [7, 11) is 0. The van der Waals surface area contributed by atoms with Crippen LogP contribution in [0.4, 0.5) is 13.2 Å². The van der Waals surface area contributed by atoms with E-state index < -0.39 is 22.7 Å². The molecule has 4 nitrogen and oxygen atoms in total. The molecule has 0 aromatic carbocycles. The molecule has 0 atom stereocenters. The maximum absolute atomic E-state index is 13.1. The number of hydrogen-bond donors (Lipinski definition) is 1. The molecule has 0 saturated carbocycles. The maximum Gasteiger partial charge on any atom is 0.417 e. The van der Waals surface area contributed by atoms with E-state index in [4.69, 9.17) is 12.2 Å². The number of alkyl halides is 3. The van der Waals surface area contributed by atoms with E-state index in [9.17, 15) is 18.0 Å². The Morgan fingerprint density at radius 2 is 2.00 bits per heavy atom. The van der Waals surface area contributed by atoms with Gasteiger partial charge in [0.1, 0.15) is 5.65 Å². The first-order valence-corrected chi connectivity index (χ1v) is 6.27. The molecule has 0 unspecified atom stereocenters. The highest BCUT2D eigenvalue weighted by atomic mass is 32.1. The summed E-state index contributed by atoms with van der Waals surface area (Å²) >= 11 is 5.01. The van der Waals surface area contributed by atoms with Gasteiger partial charge in [0.05, 0.1) is 10.9 Å². The normalized spacial score (nSPS) is 12.3. The molecule has 2 heterocycles. The van der Waals surface area contributed by atoms with E-state index in [-0.39, 0.29) is 22.2 Å². The summed E-state index contributed by atoms with van der Waals surface area (Å²) in [6.07, 6.45) is -4.63. The lowest BCUT2D eigenvalue weighted by Crippen LogP contribution is -2.21. The number of nitrogens with zero attached hydrogens (tertiary/aromatic N) is 2. The molecule has 0 spiro atoms. The van der Waals surface area contributed by atoms with Gasteiger partial charge in [-0.1, -0.05) is 0 Å². The Labute approximate surface area is 117 Å². The van der Waals surface area contributed by atoms with E-state index in [1.807, 2.05) is 0 Å². The summed E-state index contributed by atoms with van der Waals surface area (Å²) in [5.74, 6) is 0. The van der Waals surface area contributed by atoms with Crippen molar-refractivity contribution >= 4 is 23.3 Å². The van der Waals surface area contributed by atoms with Crippen LogP contribution in [0, 0.1) is 11.7 Å². The van der Waals surface area contributed by atoms with Crippen LogP contribution in [0.25, 0.3) is 11.0 Å². The third-order valence-corrected chi connectivity index (χ3v) is 3.14. The largest absolute Gasteiger partial charge is 0.417 e. The average molecular weight is 303 g/mol. The lowest BCUT2D eigenvalue weighted by atomic mass is 10.1. The first-order chi connectivity index (χ1) is 9.12. The summed E-state index contributed by atoms with van der Waals surface area (Å²) in [6.45, 7) is 4.96. The zero-order chi connectivity index (χ0) is 15.2. The van der Waals surface area contributed by atoms with Gasteiger partial charge in [-0.05, 0) is 39.1 Å². The number of aromatic nitrogens is 3. The molecular weight excluding hydrogens is 291 g/mol. The third kappa shape index (κ3) is 2.35. The van der Waals surface area contributed by atoms with Crippen LogP contribution >= 0.6 is 12.2 Å². The van der Waals surface area contributed by atoms with Crippen LogP contribution in [0.2, 0.25) is 0 Å². The zero-order valence-electron chi connectivity index (χ0n) is 11.0. The summed E-state index contributed by atoms with van der Waals surface area (Å²) in [5, 5.41) is -0.481. The second-order valence-corrected chi connectivity index (χ2v) is 5.12. The molecule has 0 bridgehead atoms. The van der Waals surface area contributed by atoms with Crippen LogP contribution in [-0.4, -0.2) is 14.5 Å². The van der Waals surface area contributed by atoms with Gasteiger partial charge >= 0.3 is 6.18 Å². The highest BCUT2D eigenvalue weighted by molar-refractivity contribution is 7.71. The minimum absolute atomic E-state index is 0.0407. The Morgan fingerprint density at radius 3 is 2.50 bits per heavy atom. The standard InChI is InChI=1S/C12H12F3N3OS/c1-5(2)18-9-8(10(19)17-11(18)20)7(12(13,14)15)4-6(3)16-9/h4-5H,1-3H3,(H,17,19,20). The molecule has 0 saturated heterocycles. The van der Waals surface area contributed by atoms with Gasteiger partial charge in [-0.3, -0.25) is 14.3 Å². The molecule has 0 aliphatic carbocycles. The lowest BCUT2D eigenvalue weighted by molar-refractivity contribution is -0.136. The Kier molecular flexibility index (Phi) is 3.45. The second kappa shape index (κ2) is 4.69. The maximum atomic E-state index is 13.1. The van der Waals surface area contributed by atoms with Crippen molar-refractivity contribution < 1.29 is 13.2 Å². The predicted octanol–water partition coefficient (Wildman–Crippen LogP) is 3.36. The Bertz CT molecular complexity index is 789. The fourth-order valence-electron chi connectivity index (χ4n) is 2.07. The van der Waals surface area contributed by atoms with E-state index in [2.05, 4.69) is 9.97 Å². The highest BCUT2D eigenvalue weighted by Gasteiger charge is 2.35. The Morgan fingerprint density at radius 1 is 1.40 bits per heavy atom. The van der Waals surface area contributed by atoms with Crippen molar-refractivity contribution in [1.82, 2.24) is 14.5 Å². The molecule has 0 amide bonds. The molecule has 1 N–H and O–H groups in total. The van der Waals surface area contributed by atoms with Gasteiger partial charge in [0.25, 0.3) is 5.56 Å². The van der Waals surface area contributed by atoms with Gasteiger partial charge in [0, 0.05) is 11.7 Å². The van der Waals surface area contributed by atoms with Crippen molar-refractivity contribution in [1.29, 1.82) is 0 Å². The van der Waals surface area contributed by atoms with Crippen molar-refractivity contribution in [3.05, 3.63) is 32.4 Å². The van der Waals surface area contributed by atoms with Crippen molar-refractivity contribution in [2.45, 2.75) is 33.0 Å². The summed E-state index contributed by atoms with van der Waals surface area (Å²) in [5.41, 5.74) is -1.73. The molecule has 2 aromatic heterocycles. The van der Waals surface area contributed by atoms with Gasteiger partial charge in [0.15, 0.2) is 4.77 Å². The average Bonchev–Trinajstić information content (AvgIpc) is 2.25. The zero-order valence-corrected chi connectivity index (χ0v) is 11.8. The van der Waals surface area contributed by atoms with Gasteiger partial charge in [-0.2, -0.15) is 13.2 Å². The first kappa shape index (κ1) is 14.7. The lowest BCUT2D eigenvalue weighted by Gasteiger charge is -2.17. The van der Waals surface area contributed by atoms with Gasteiger partial charge in [-0.25, -0.2) is 4.98 Å². The summed E-state index contributed by atoms with van der Waals surface area (Å²) < 4.78 is 40.8. The van der Waals surface area contributed by atoms with Gasteiger partial charge < -0.3 is 0 Å². The molecule has 0 radical (unpaired) electrons. The number of aromatic amines is 1. The monoisotopic (exact) mass is 303 g/mol. The minimum atomic E-state index is -4.63. The quantitative estimate of drug-likeness (QED) is 0.822. The van der Waals surface area contributed by atoms with Crippen molar-refractivity contribution in [2.75, 3.05) is 0 Å². The molecule has 108 valence electrons. The molecule has 0 aliphatic heterocycles. The number of pyridine rings is 1. The molecular formula is C12H12F3N3OS. The molecule has 2 rings (SSSR count). The van der Waals surface area contributed by atoms with Crippen molar-refractivity contribution in [3.63, 3.8) is 0 Å². The van der Waals surface area contributed by atoms with Crippen LogP contribution in [-0.2, 0) is 6.18 Å². The summed E-state index contributed by atoms with van der Waals surface area (Å²) in [4.78, 5) is 18.2. The minimum Gasteiger partial charge on any atom is -0.300 e.